The molecule has 2 aliphatic rings. The van der Waals surface area contributed by atoms with E-state index in [0.717, 1.165) is 0 Å². The van der Waals surface area contributed by atoms with Crippen LogP contribution in [0.4, 0.5) is 10.1 Å². The van der Waals surface area contributed by atoms with Gasteiger partial charge in [-0.05, 0) is 37.8 Å². The zero-order chi connectivity index (χ0) is 24.3. The van der Waals surface area contributed by atoms with Crippen LogP contribution in [0.2, 0.25) is 5.02 Å². The summed E-state index contributed by atoms with van der Waals surface area (Å²) in [5.41, 5.74) is -1.53. The molecule has 0 aliphatic carbocycles. The minimum absolute atomic E-state index is 0.0123. The molecule has 34 heavy (non-hydrogen) atoms. The van der Waals surface area contributed by atoms with Crippen LogP contribution in [0.1, 0.15) is 37.3 Å². The summed E-state index contributed by atoms with van der Waals surface area (Å²) in [7, 11) is -3.82. The number of hydrogen-bond acceptors (Lipinski definition) is 8. The summed E-state index contributed by atoms with van der Waals surface area (Å²) >= 11 is 6.26. The summed E-state index contributed by atoms with van der Waals surface area (Å²) in [5, 5.41) is 15.7. The number of halogens is 2. The lowest BCUT2D eigenvalue weighted by Crippen LogP contribution is -2.42. The van der Waals surface area contributed by atoms with Crippen LogP contribution in [0.25, 0.3) is 0 Å². The lowest BCUT2D eigenvalue weighted by Gasteiger charge is -2.31. The van der Waals surface area contributed by atoms with Gasteiger partial charge in [-0.25, -0.2) is 22.5 Å². The van der Waals surface area contributed by atoms with E-state index in [2.05, 4.69) is 15.4 Å². The Bertz CT molecular complexity index is 1230. The number of aromatic nitrogens is 3. The van der Waals surface area contributed by atoms with Crippen LogP contribution in [0.5, 0.6) is 0 Å². The number of nitriles is 1. The molecule has 2 aromatic heterocycles. The first-order valence-electron chi connectivity index (χ1n) is 10.9. The molecule has 10 nitrogen and oxygen atoms in total. The summed E-state index contributed by atoms with van der Waals surface area (Å²) in [6.45, 7) is 0.822. The molecule has 0 spiro atoms. The van der Waals surface area contributed by atoms with Crippen LogP contribution >= 0.6 is 11.6 Å². The average Bonchev–Trinajstić information content (AvgIpc) is 2.85. The zero-order valence-corrected chi connectivity index (χ0v) is 19.9. The van der Waals surface area contributed by atoms with E-state index >= 15 is 0 Å². The number of ether oxygens (including phenoxy) is 1. The Balaban J connectivity index is 1.41. The Kier molecular flexibility index (Phi) is 7.18. The highest BCUT2D eigenvalue weighted by Crippen LogP contribution is 2.28. The molecular formula is C21H24ClFN6O4S. The maximum Gasteiger partial charge on any atom is 0.287 e. The quantitative estimate of drug-likeness (QED) is 0.625. The molecule has 13 heteroatoms. The third kappa shape index (κ3) is 5.07. The predicted octanol–water partition coefficient (Wildman–Crippen LogP) is 2.12. The molecule has 0 aromatic carbocycles. The van der Waals surface area contributed by atoms with Crippen LogP contribution < -0.4 is 10.9 Å². The molecule has 2 fully saturated rings. The largest absolute Gasteiger partial charge is 0.379 e. The molecule has 2 aliphatic heterocycles. The van der Waals surface area contributed by atoms with Gasteiger partial charge in [0.2, 0.25) is 0 Å². The molecule has 0 unspecified atom stereocenters. The number of rotatable bonds is 6. The summed E-state index contributed by atoms with van der Waals surface area (Å²) in [5.74, 6) is 0. The van der Waals surface area contributed by atoms with Gasteiger partial charge in [-0.1, -0.05) is 11.6 Å². The Morgan fingerprint density at radius 1 is 1.32 bits per heavy atom. The number of nitrogens with one attached hydrogen (secondary N) is 1. The lowest BCUT2D eigenvalue weighted by atomic mass is 9.99. The third-order valence-corrected chi connectivity index (χ3v) is 8.23. The highest BCUT2D eigenvalue weighted by molar-refractivity contribution is 7.89. The molecule has 0 bridgehead atoms. The second-order valence-electron chi connectivity index (χ2n) is 8.41. The number of pyridine rings is 1. The van der Waals surface area contributed by atoms with E-state index in [0.29, 0.717) is 32.3 Å². The van der Waals surface area contributed by atoms with Crippen LogP contribution in [-0.2, 0) is 14.8 Å². The normalized spacial score (nSPS) is 22.3. The first kappa shape index (κ1) is 24.5. The highest BCUT2D eigenvalue weighted by Gasteiger charge is 2.34. The first-order valence-corrected chi connectivity index (χ1v) is 12.7. The standard InChI is InChI=1S/C21H24ClFN6O4S/c22-19-17(26-13-21(23)6-1-9-33-14-21)12-27-29(20(19)30)16-4-7-28(8-5-16)34(31,32)18-3-2-15(10-24)11-25-18/h2-3,11-12,16,26H,1,4-9,13-14H2/t21-/m1/s1. The van der Waals surface area contributed by atoms with E-state index in [-0.39, 0.29) is 53.6 Å². The summed E-state index contributed by atoms with van der Waals surface area (Å²) in [6.07, 6.45) is 4.31. The Morgan fingerprint density at radius 3 is 2.71 bits per heavy atom. The summed E-state index contributed by atoms with van der Waals surface area (Å²) in [4.78, 5) is 16.7. The van der Waals surface area contributed by atoms with Gasteiger partial charge < -0.3 is 10.1 Å². The minimum Gasteiger partial charge on any atom is -0.379 e. The summed E-state index contributed by atoms with van der Waals surface area (Å²) < 4.78 is 48.2. The summed E-state index contributed by atoms with van der Waals surface area (Å²) in [6, 6.07) is 4.27. The first-order chi connectivity index (χ1) is 16.2. The Labute approximate surface area is 201 Å². The van der Waals surface area contributed by atoms with Gasteiger partial charge in [-0.3, -0.25) is 4.79 Å². The van der Waals surface area contributed by atoms with Crippen molar-refractivity contribution in [2.24, 2.45) is 0 Å². The van der Waals surface area contributed by atoms with Crippen LogP contribution in [0, 0.1) is 11.3 Å². The predicted molar refractivity (Wildman–Crippen MR) is 122 cm³/mol. The molecule has 1 N–H and O–H groups in total. The van der Waals surface area contributed by atoms with E-state index in [4.69, 9.17) is 21.6 Å². The second kappa shape index (κ2) is 9.95. The molecule has 4 heterocycles. The molecule has 4 rings (SSSR count). The maximum atomic E-state index is 14.7. The van der Waals surface area contributed by atoms with E-state index in [1.807, 2.05) is 6.07 Å². The Morgan fingerprint density at radius 2 is 2.09 bits per heavy atom. The molecule has 2 saturated heterocycles. The minimum atomic E-state index is -3.82. The number of piperidine rings is 1. The molecule has 0 saturated carbocycles. The van der Waals surface area contributed by atoms with Crippen molar-refractivity contribution in [3.05, 3.63) is 45.5 Å². The van der Waals surface area contributed by atoms with Crippen molar-refractivity contribution in [2.45, 2.75) is 42.4 Å². The number of sulfonamides is 1. The fourth-order valence-corrected chi connectivity index (χ4v) is 5.68. The maximum absolute atomic E-state index is 14.7. The van der Waals surface area contributed by atoms with Crippen LogP contribution in [0.3, 0.4) is 0 Å². The van der Waals surface area contributed by atoms with E-state index in [1.54, 1.807) is 0 Å². The number of hydrogen-bond donors (Lipinski definition) is 1. The van der Waals surface area contributed by atoms with Gasteiger partial charge in [-0.2, -0.15) is 14.7 Å². The van der Waals surface area contributed by atoms with E-state index < -0.39 is 21.3 Å². The van der Waals surface area contributed by atoms with Crippen molar-refractivity contribution in [3.8, 4) is 6.07 Å². The molecule has 182 valence electrons. The topological polar surface area (TPSA) is 130 Å². The molecule has 2 aromatic rings. The van der Waals surface area contributed by atoms with Gasteiger partial charge >= 0.3 is 0 Å². The van der Waals surface area contributed by atoms with E-state index in [9.17, 15) is 17.6 Å². The molecule has 0 amide bonds. The van der Waals surface area contributed by atoms with Crippen LogP contribution in [0.15, 0.2) is 34.3 Å². The van der Waals surface area contributed by atoms with Gasteiger partial charge in [0.15, 0.2) is 10.7 Å². The van der Waals surface area contributed by atoms with Crippen LogP contribution in [-0.4, -0.2) is 66.0 Å². The Hall–Kier alpha value is -2.59. The molecule has 0 radical (unpaired) electrons. The number of alkyl halides is 1. The van der Waals surface area contributed by atoms with Crippen molar-refractivity contribution in [1.82, 2.24) is 19.1 Å². The van der Waals surface area contributed by atoms with Crippen molar-refractivity contribution in [1.29, 1.82) is 5.26 Å². The van der Waals surface area contributed by atoms with Gasteiger partial charge in [0.25, 0.3) is 15.6 Å². The highest BCUT2D eigenvalue weighted by atomic mass is 35.5. The van der Waals surface area contributed by atoms with Crippen molar-refractivity contribution >= 4 is 27.3 Å². The third-order valence-electron chi connectivity index (χ3n) is 6.05. The molecular weight excluding hydrogens is 487 g/mol. The van der Waals surface area contributed by atoms with Gasteiger partial charge in [-0.15, -0.1) is 0 Å². The smallest absolute Gasteiger partial charge is 0.287 e. The number of anilines is 1. The number of nitrogens with zero attached hydrogens (tertiary/aromatic N) is 5. The van der Waals surface area contributed by atoms with Crippen molar-refractivity contribution in [2.75, 3.05) is 38.2 Å². The average molecular weight is 511 g/mol. The van der Waals surface area contributed by atoms with E-state index in [1.165, 1.54) is 33.5 Å². The van der Waals surface area contributed by atoms with Gasteiger partial charge in [0, 0.05) is 25.9 Å². The zero-order valence-electron chi connectivity index (χ0n) is 18.3. The SMILES string of the molecule is N#Cc1ccc(S(=O)(=O)N2CCC(n3ncc(NC[C@]4(F)CCCOC4)c(Cl)c3=O)CC2)nc1. The molecule has 1 atom stereocenters. The van der Waals surface area contributed by atoms with Crippen molar-refractivity contribution < 1.29 is 17.5 Å². The van der Waals surface area contributed by atoms with Gasteiger partial charge in [0.05, 0.1) is 36.6 Å². The van der Waals surface area contributed by atoms with Crippen molar-refractivity contribution in [3.63, 3.8) is 0 Å². The fourth-order valence-electron chi connectivity index (χ4n) is 4.10. The second-order valence-corrected chi connectivity index (χ2v) is 10.7. The monoisotopic (exact) mass is 510 g/mol. The fraction of sp³-hybridized carbons (Fsp3) is 0.524. The lowest BCUT2D eigenvalue weighted by molar-refractivity contribution is -0.0234. The van der Waals surface area contributed by atoms with Gasteiger partial charge in [0.1, 0.15) is 11.1 Å².